The van der Waals surface area contributed by atoms with E-state index >= 15 is 0 Å². The number of benzene rings is 1. The van der Waals surface area contributed by atoms with Gasteiger partial charge in [0.15, 0.2) is 0 Å². The number of aliphatic hydroxyl groups is 1. The molecular formula is C19H21NO5S. The van der Waals surface area contributed by atoms with Crippen molar-refractivity contribution in [3.63, 3.8) is 0 Å². The summed E-state index contributed by atoms with van der Waals surface area (Å²) in [6.45, 7) is 4.01. The largest absolute Gasteiger partial charge is 0.463 e. The third-order valence-electron chi connectivity index (χ3n) is 4.29. The van der Waals surface area contributed by atoms with E-state index in [2.05, 4.69) is 5.32 Å². The van der Waals surface area contributed by atoms with Gasteiger partial charge in [-0.25, -0.2) is 9.59 Å². The van der Waals surface area contributed by atoms with Gasteiger partial charge in [0.2, 0.25) is 0 Å². The van der Waals surface area contributed by atoms with Crippen LogP contribution in [0.1, 0.15) is 25.3 Å². The monoisotopic (exact) mass is 375 g/mol. The van der Waals surface area contributed by atoms with Crippen molar-refractivity contribution in [2.24, 2.45) is 0 Å². The second-order valence-corrected chi connectivity index (χ2v) is 7.03. The average Bonchev–Trinajstić information content (AvgIpc) is 2.99. The van der Waals surface area contributed by atoms with E-state index in [4.69, 9.17) is 9.47 Å². The highest BCUT2D eigenvalue weighted by Crippen LogP contribution is 2.44. The number of carbonyl (C=O) groups is 2. The smallest absolute Gasteiger partial charge is 0.337 e. The van der Waals surface area contributed by atoms with Crippen molar-refractivity contribution in [3.05, 3.63) is 52.4 Å². The van der Waals surface area contributed by atoms with E-state index < -0.39 is 17.9 Å². The Balaban J connectivity index is 2.14. The number of hydrogen-bond acceptors (Lipinski definition) is 7. The van der Waals surface area contributed by atoms with E-state index in [0.717, 1.165) is 10.5 Å². The summed E-state index contributed by atoms with van der Waals surface area (Å²) in [4.78, 5) is 26.0. The highest BCUT2D eigenvalue weighted by molar-refractivity contribution is 7.99. The molecule has 2 heterocycles. The normalized spacial score (nSPS) is 19.2. The van der Waals surface area contributed by atoms with Gasteiger partial charge in [0.1, 0.15) is 6.61 Å². The van der Waals surface area contributed by atoms with Crippen LogP contribution < -0.4 is 5.32 Å². The topological polar surface area (TPSA) is 84.9 Å². The van der Waals surface area contributed by atoms with Crippen molar-refractivity contribution in [1.29, 1.82) is 0 Å². The molecule has 2 aliphatic heterocycles. The molecule has 138 valence electrons. The van der Waals surface area contributed by atoms with Crippen LogP contribution in [0.25, 0.3) is 0 Å². The number of allylic oxidation sites excluding steroid dienone is 1. The van der Waals surface area contributed by atoms with Crippen LogP contribution in [-0.2, 0) is 19.1 Å². The highest BCUT2D eigenvalue weighted by atomic mass is 32.2. The van der Waals surface area contributed by atoms with Crippen LogP contribution in [0, 0.1) is 0 Å². The van der Waals surface area contributed by atoms with E-state index in [1.54, 1.807) is 13.8 Å². The molecule has 6 nitrogen and oxygen atoms in total. The zero-order valence-electron chi connectivity index (χ0n) is 14.7. The number of ether oxygens (including phenoxy) is 2. The molecule has 0 radical (unpaired) electrons. The quantitative estimate of drug-likeness (QED) is 0.582. The van der Waals surface area contributed by atoms with Crippen molar-refractivity contribution >= 4 is 23.7 Å². The van der Waals surface area contributed by atoms with Crippen molar-refractivity contribution in [1.82, 2.24) is 5.32 Å². The minimum absolute atomic E-state index is 0.0425. The number of thioether (sulfide) groups is 1. The van der Waals surface area contributed by atoms with Crippen LogP contribution in [-0.4, -0.2) is 42.6 Å². The molecule has 7 heteroatoms. The zero-order chi connectivity index (χ0) is 18.7. The van der Waals surface area contributed by atoms with Crippen LogP contribution in [0.15, 0.2) is 51.7 Å². The maximum Gasteiger partial charge on any atom is 0.337 e. The minimum atomic E-state index is -0.553. The van der Waals surface area contributed by atoms with Gasteiger partial charge in [-0.15, -0.1) is 11.8 Å². The molecule has 0 saturated carbocycles. The predicted octanol–water partition coefficient (Wildman–Crippen LogP) is 2.11. The lowest BCUT2D eigenvalue weighted by molar-refractivity contribution is -0.138. The van der Waals surface area contributed by atoms with Crippen LogP contribution in [0.2, 0.25) is 0 Å². The summed E-state index contributed by atoms with van der Waals surface area (Å²) in [6, 6.07) is 7.60. The third kappa shape index (κ3) is 3.37. The number of cyclic esters (lactones) is 1. The third-order valence-corrected chi connectivity index (χ3v) is 5.36. The molecule has 0 fully saturated rings. The number of esters is 2. The van der Waals surface area contributed by atoms with Crippen LogP contribution >= 0.6 is 11.8 Å². The van der Waals surface area contributed by atoms with Gasteiger partial charge in [0.25, 0.3) is 0 Å². The fourth-order valence-corrected chi connectivity index (χ4v) is 4.10. The molecule has 1 aromatic carbocycles. The summed E-state index contributed by atoms with van der Waals surface area (Å²) in [6.07, 6.45) is 0. The number of aliphatic hydroxyl groups excluding tert-OH is 1. The molecule has 0 bridgehead atoms. The van der Waals surface area contributed by atoms with Crippen molar-refractivity contribution in [3.8, 4) is 0 Å². The first-order valence-corrected chi connectivity index (χ1v) is 9.44. The molecule has 0 spiro atoms. The number of hydrogen-bond donors (Lipinski definition) is 2. The summed E-state index contributed by atoms with van der Waals surface area (Å²) < 4.78 is 10.5. The van der Waals surface area contributed by atoms with E-state index in [-0.39, 0.29) is 19.8 Å². The van der Waals surface area contributed by atoms with Crippen molar-refractivity contribution < 1.29 is 24.2 Å². The van der Waals surface area contributed by atoms with Gasteiger partial charge < -0.3 is 19.9 Å². The summed E-state index contributed by atoms with van der Waals surface area (Å²) in [5, 5.41) is 12.3. The Morgan fingerprint density at radius 3 is 2.92 bits per heavy atom. The first kappa shape index (κ1) is 18.5. The summed E-state index contributed by atoms with van der Waals surface area (Å²) in [5.74, 6) is -0.900. The van der Waals surface area contributed by atoms with Gasteiger partial charge in [-0.3, -0.25) is 0 Å². The molecule has 0 saturated heterocycles. The van der Waals surface area contributed by atoms with Gasteiger partial charge in [0, 0.05) is 16.3 Å². The Kier molecular flexibility index (Phi) is 5.68. The summed E-state index contributed by atoms with van der Waals surface area (Å²) in [5.41, 5.74) is 3.05. The number of dihydropyridines is 1. The van der Waals surface area contributed by atoms with E-state index in [0.29, 0.717) is 28.3 Å². The summed E-state index contributed by atoms with van der Waals surface area (Å²) >= 11 is 1.48. The Morgan fingerprint density at radius 2 is 2.19 bits per heavy atom. The number of nitrogens with one attached hydrogen (secondary N) is 1. The lowest BCUT2D eigenvalue weighted by Gasteiger charge is -2.28. The lowest BCUT2D eigenvalue weighted by atomic mass is 9.81. The molecule has 0 aliphatic carbocycles. The Morgan fingerprint density at radius 1 is 1.42 bits per heavy atom. The molecule has 0 amide bonds. The Bertz CT molecular complexity index is 799. The standard InChI is InChI=1S/C19H21NO5S/c1-3-24-18(22)15-11(2)20-13-10-25-19(23)17(13)16(15)12-6-4-5-7-14(12)26-9-8-21/h4-7,16,20-21H,3,8-10H2,1-2H3. The van der Waals surface area contributed by atoms with E-state index in [1.165, 1.54) is 11.8 Å². The van der Waals surface area contributed by atoms with Gasteiger partial charge in [0.05, 0.1) is 36.0 Å². The van der Waals surface area contributed by atoms with Gasteiger partial charge in [-0.05, 0) is 25.5 Å². The number of rotatable bonds is 6. The molecule has 1 aromatic rings. The molecule has 0 aromatic heterocycles. The zero-order valence-corrected chi connectivity index (χ0v) is 15.5. The van der Waals surface area contributed by atoms with Crippen molar-refractivity contribution in [2.75, 3.05) is 25.6 Å². The Hall–Kier alpha value is -2.25. The van der Waals surface area contributed by atoms with Gasteiger partial charge >= 0.3 is 11.9 Å². The van der Waals surface area contributed by atoms with Crippen LogP contribution in [0.5, 0.6) is 0 Å². The number of carbonyl (C=O) groups excluding carboxylic acids is 2. The molecule has 26 heavy (non-hydrogen) atoms. The highest BCUT2D eigenvalue weighted by Gasteiger charge is 2.42. The maximum atomic E-state index is 12.7. The van der Waals surface area contributed by atoms with Gasteiger partial charge in [-0.1, -0.05) is 18.2 Å². The average molecular weight is 375 g/mol. The van der Waals surface area contributed by atoms with Gasteiger partial charge in [-0.2, -0.15) is 0 Å². The lowest BCUT2D eigenvalue weighted by Crippen LogP contribution is -2.30. The van der Waals surface area contributed by atoms with Crippen molar-refractivity contribution in [2.45, 2.75) is 24.7 Å². The first-order chi connectivity index (χ1) is 12.6. The summed E-state index contributed by atoms with van der Waals surface area (Å²) in [7, 11) is 0. The molecule has 1 unspecified atom stereocenters. The molecule has 2 aliphatic rings. The minimum Gasteiger partial charge on any atom is -0.463 e. The fraction of sp³-hybridized carbons (Fsp3) is 0.368. The fourth-order valence-electron chi connectivity index (χ4n) is 3.26. The second kappa shape index (κ2) is 7.97. The molecular weight excluding hydrogens is 354 g/mol. The van der Waals surface area contributed by atoms with Crippen LogP contribution in [0.4, 0.5) is 0 Å². The van der Waals surface area contributed by atoms with E-state index in [9.17, 15) is 14.7 Å². The molecule has 1 atom stereocenters. The predicted molar refractivity (Wildman–Crippen MR) is 97.4 cm³/mol. The molecule has 3 rings (SSSR count). The Labute approximate surface area is 156 Å². The first-order valence-electron chi connectivity index (χ1n) is 8.46. The molecule has 2 N–H and O–H groups in total. The van der Waals surface area contributed by atoms with Crippen LogP contribution in [0.3, 0.4) is 0 Å². The maximum absolute atomic E-state index is 12.7. The van der Waals surface area contributed by atoms with E-state index in [1.807, 2.05) is 24.3 Å². The second-order valence-electron chi connectivity index (χ2n) is 5.90. The SMILES string of the molecule is CCOC(=O)C1=C(C)NC2=C(C(=O)OC2)C1c1ccccc1SCCO.